The highest BCUT2D eigenvalue weighted by atomic mass is 32.2. The van der Waals surface area contributed by atoms with E-state index in [9.17, 15) is 14.4 Å². The number of nitrogens with zero attached hydrogens (tertiary/aromatic N) is 4. The quantitative estimate of drug-likeness (QED) is 0.795. The summed E-state index contributed by atoms with van der Waals surface area (Å²) < 4.78 is 14.9. The predicted octanol–water partition coefficient (Wildman–Crippen LogP) is 3.44. The lowest BCUT2D eigenvalue weighted by atomic mass is 9.83. The second-order valence-electron chi connectivity index (χ2n) is 6.88. The van der Waals surface area contributed by atoms with Gasteiger partial charge in [0.1, 0.15) is 11.4 Å². The number of carbonyl (C=O) groups is 1. The molecule has 0 saturated heterocycles. The molecule has 27 heavy (non-hydrogen) atoms. The van der Waals surface area contributed by atoms with E-state index in [0.717, 1.165) is 24.8 Å². The number of benzene rings is 1. The summed E-state index contributed by atoms with van der Waals surface area (Å²) in [6.07, 6.45) is 4.42. The molecule has 3 rings (SSSR count). The number of amides is 1. The van der Waals surface area contributed by atoms with Crippen LogP contribution in [0.1, 0.15) is 39.0 Å². The normalized spacial score (nSPS) is 17.1. The number of thioether (sulfide) groups is 1. The molecule has 0 bridgehead atoms. The SMILES string of the molecule is C[C@H](Sc1nnc(-c2ccc(F)cc2)n1C)C(=O)NC1(C#N)CCCCC1. The molecule has 0 radical (unpaired) electrons. The second-order valence-corrected chi connectivity index (χ2v) is 8.18. The van der Waals surface area contributed by atoms with Crippen LogP contribution in [-0.4, -0.2) is 31.5 Å². The van der Waals surface area contributed by atoms with Gasteiger partial charge in [0.2, 0.25) is 5.91 Å². The van der Waals surface area contributed by atoms with Crippen LogP contribution in [0.15, 0.2) is 29.4 Å². The van der Waals surface area contributed by atoms with Crippen LogP contribution >= 0.6 is 11.8 Å². The number of hydrogen-bond donors (Lipinski definition) is 1. The summed E-state index contributed by atoms with van der Waals surface area (Å²) in [5.74, 6) is 0.121. The third-order valence-electron chi connectivity index (χ3n) is 4.87. The predicted molar refractivity (Wildman–Crippen MR) is 101 cm³/mol. The number of carbonyl (C=O) groups excluding carboxylic acids is 1. The minimum atomic E-state index is -0.747. The lowest BCUT2D eigenvalue weighted by Crippen LogP contribution is -2.50. The minimum absolute atomic E-state index is 0.171. The summed E-state index contributed by atoms with van der Waals surface area (Å²) in [7, 11) is 1.81. The Morgan fingerprint density at radius 2 is 1.96 bits per heavy atom. The summed E-state index contributed by atoms with van der Waals surface area (Å²) in [5.41, 5.74) is 0.00421. The molecule has 1 fully saturated rings. The molecule has 6 nitrogen and oxygen atoms in total. The van der Waals surface area contributed by atoms with Crippen molar-refractivity contribution in [1.82, 2.24) is 20.1 Å². The molecule has 0 aliphatic heterocycles. The van der Waals surface area contributed by atoms with E-state index in [0.29, 0.717) is 23.8 Å². The average molecular weight is 387 g/mol. The van der Waals surface area contributed by atoms with E-state index < -0.39 is 10.8 Å². The summed E-state index contributed by atoms with van der Waals surface area (Å²) in [4.78, 5) is 12.6. The van der Waals surface area contributed by atoms with Crippen LogP contribution < -0.4 is 5.32 Å². The van der Waals surface area contributed by atoms with Gasteiger partial charge in [-0.3, -0.25) is 4.79 Å². The molecule has 1 aliphatic rings. The zero-order valence-corrected chi connectivity index (χ0v) is 16.2. The van der Waals surface area contributed by atoms with E-state index >= 15 is 0 Å². The maximum atomic E-state index is 13.1. The first-order valence-electron chi connectivity index (χ1n) is 8.99. The Morgan fingerprint density at radius 3 is 2.59 bits per heavy atom. The summed E-state index contributed by atoms with van der Waals surface area (Å²) in [5, 5.41) is 21.0. The van der Waals surface area contributed by atoms with Crippen LogP contribution in [0.4, 0.5) is 4.39 Å². The Labute approximate surface area is 162 Å². The number of halogens is 1. The molecule has 1 atom stereocenters. The van der Waals surface area contributed by atoms with Crippen LogP contribution in [0.2, 0.25) is 0 Å². The fourth-order valence-corrected chi connectivity index (χ4v) is 4.05. The number of nitrogens with one attached hydrogen (secondary N) is 1. The molecule has 8 heteroatoms. The van der Waals surface area contributed by atoms with E-state index in [1.807, 2.05) is 7.05 Å². The monoisotopic (exact) mass is 387 g/mol. The Hall–Kier alpha value is -2.40. The summed E-state index contributed by atoms with van der Waals surface area (Å²) in [6, 6.07) is 8.34. The molecule has 142 valence electrons. The van der Waals surface area contributed by atoms with Crippen LogP contribution in [0.5, 0.6) is 0 Å². The summed E-state index contributed by atoms with van der Waals surface area (Å²) in [6.45, 7) is 1.79. The van der Waals surface area contributed by atoms with E-state index in [1.165, 1.54) is 23.9 Å². The van der Waals surface area contributed by atoms with Crippen molar-refractivity contribution in [3.05, 3.63) is 30.1 Å². The van der Waals surface area contributed by atoms with Crippen molar-refractivity contribution < 1.29 is 9.18 Å². The standard InChI is InChI=1S/C19H22FN5OS/c1-13(17(26)22-19(12-21)10-4-3-5-11-19)27-18-24-23-16(25(18)2)14-6-8-15(20)9-7-14/h6-9,13H,3-5,10-11H2,1-2H3,(H,22,26)/t13-/m0/s1. The molecule has 2 aromatic rings. The number of aromatic nitrogens is 3. The molecule has 1 aromatic carbocycles. The van der Waals surface area contributed by atoms with E-state index in [4.69, 9.17) is 0 Å². The molecule has 1 aromatic heterocycles. The Balaban J connectivity index is 1.69. The minimum Gasteiger partial charge on any atom is -0.337 e. The van der Waals surface area contributed by atoms with Gasteiger partial charge in [-0.25, -0.2) is 4.39 Å². The van der Waals surface area contributed by atoms with Gasteiger partial charge in [-0.05, 0) is 44.0 Å². The van der Waals surface area contributed by atoms with Gasteiger partial charge in [-0.2, -0.15) is 5.26 Å². The molecule has 1 saturated carbocycles. The van der Waals surface area contributed by atoms with Crippen molar-refractivity contribution >= 4 is 17.7 Å². The Morgan fingerprint density at radius 1 is 1.30 bits per heavy atom. The van der Waals surface area contributed by atoms with E-state index in [-0.39, 0.29) is 11.7 Å². The first-order valence-corrected chi connectivity index (χ1v) is 9.87. The zero-order valence-electron chi connectivity index (χ0n) is 15.4. The maximum absolute atomic E-state index is 13.1. The van der Waals surface area contributed by atoms with E-state index in [1.54, 1.807) is 23.6 Å². The lowest BCUT2D eigenvalue weighted by molar-refractivity contribution is -0.121. The Kier molecular flexibility index (Phi) is 5.80. The molecule has 1 amide bonds. The van der Waals surface area contributed by atoms with Gasteiger partial charge in [-0.15, -0.1) is 10.2 Å². The number of hydrogen-bond acceptors (Lipinski definition) is 5. The first-order chi connectivity index (χ1) is 12.9. The molecular formula is C19H22FN5OS. The topological polar surface area (TPSA) is 83.6 Å². The van der Waals surface area contributed by atoms with Crippen molar-refractivity contribution in [2.75, 3.05) is 0 Å². The fraction of sp³-hybridized carbons (Fsp3) is 0.474. The van der Waals surface area contributed by atoms with Crippen LogP contribution in [-0.2, 0) is 11.8 Å². The number of nitriles is 1. The highest BCUT2D eigenvalue weighted by Gasteiger charge is 2.35. The lowest BCUT2D eigenvalue weighted by Gasteiger charge is -2.32. The van der Waals surface area contributed by atoms with Crippen LogP contribution in [0.3, 0.4) is 0 Å². The largest absolute Gasteiger partial charge is 0.337 e. The van der Waals surface area contributed by atoms with Gasteiger partial charge in [0, 0.05) is 12.6 Å². The van der Waals surface area contributed by atoms with Crippen molar-refractivity contribution in [3.63, 3.8) is 0 Å². The molecule has 1 aliphatic carbocycles. The molecular weight excluding hydrogens is 365 g/mol. The third kappa shape index (κ3) is 4.30. The fourth-order valence-electron chi connectivity index (χ4n) is 3.24. The van der Waals surface area contributed by atoms with Crippen molar-refractivity contribution in [2.45, 2.75) is 55.0 Å². The third-order valence-corrected chi connectivity index (χ3v) is 6.01. The maximum Gasteiger partial charge on any atom is 0.234 e. The van der Waals surface area contributed by atoms with Crippen LogP contribution in [0.25, 0.3) is 11.4 Å². The second kappa shape index (κ2) is 8.09. The van der Waals surface area contributed by atoms with Gasteiger partial charge in [0.25, 0.3) is 0 Å². The highest BCUT2D eigenvalue weighted by Crippen LogP contribution is 2.30. The smallest absolute Gasteiger partial charge is 0.234 e. The first kappa shape index (κ1) is 19.4. The average Bonchev–Trinajstić information content (AvgIpc) is 3.03. The van der Waals surface area contributed by atoms with Gasteiger partial charge in [0.05, 0.1) is 11.3 Å². The van der Waals surface area contributed by atoms with Gasteiger partial charge < -0.3 is 9.88 Å². The highest BCUT2D eigenvalue weighted by molar-refractivity contribution is 8.00. The number of rotatable bonds is 5. The van der Waals surface area contributed by atoms with Gasteiger partial charge >= 0.3 is 0 Å². The molecule has 0 unspecified atom stereocenters. The van der Waals surface area contributed by atoms with Crippen molar-refractivity contribution in [3.8, 4) is 17.5 Å². The molecule has 1 N–H and O–H groups in total. The zero-order chi connectivity index (χ0) is 19.4. The Bertz CT molecular complexity index is 852. The van der Waals surface area contributed by atoms with Crippen molar-refractivity contribution in [2.24, 2.45) is 7.05 Å². The van der Waals surface area contributed by atoms with Gasteiger partial charge in [-0.1, -0.05) is 31.0 Å². The van der Waals surface area contributed by atoms with E-state index in [2.05, 4.69) is 21.6 Å². The molecule has 1 heterocycles. The van der Waals surface area contributed by atoms with Crippen LogP contribution in [0, 0.1) is 17.1 Å². The molecule has 0 spiro atoms. The van der Waals surface area contributed by atoms with Crippen molar-refractivity contribution in [1.29, 1.82) is 5.26 Å². The summed E-state index contributed by atoms with van der Waals surface area (Å²) >= 11 is 1.29. The van der Waals surface area contributed by atoms with Gasteiger partial charge in [0.15, 0.2) is 11.0 Å².